The normalized spacial score (nSPS) is 26.8. The van der Waals surface area contributed by atoms with Crippen LogP contribution in [0.3, 0.4) is 0 Å². The second-order valence-electron chi connectivity index (χ2n) is 4.03. The first-order chi connectivity index (χ1) is 7.54. The minimum atomic E-state index is -1.29. The molecular weight excluding hydrogens is 248 g/mol. The molecule has 0 aromatic carbocycles. The van der Waals surface area contributed by atoms with Crippen LogP contribution in [-0.2, 0) is 0 Å². The molecule has 0 unspecified atom stereocenters. The maximum Gasteiger partial charge on any atom is 0.110 e. The van der Waals surface area contributed by atoms with Crippen molar-refractivity contribution < 1.29 is 20.4 Å². The van der Waals surface area contributed by atoms with Gasteiger partial charge in [0, 0.05) is 0 Å². The Morgan fingerprint density at radius 3 is 1.88 bits per heavy atom. The number of aliphatic hydroxyl groups is 4. The lowest BCUT2D eigenvalue weighted by molar-refractivity contribution is -0.0952. The Balaban J connectivity index is 2.50. The van der Waals surface area contributed by atoms with Gasteiger partial charge in [-0.25, -0.2) is 0 Å². The van der Waals surface area contributed by atoms with Crippen LogP contribution >= 0.6 is 23.5 Å². The highest BCUT2D eigenvalue weighted by Gasteiger charge is 2.34. The van der Waals surface area contributed by atoms with Gasteiger partial charge in [-0.15, -0.1) is 23.5 Å². The molecule has 96 valence electrons. The topological polar surface area (TPSA) is 80.9 Å². The monoisotopic (exact) mass is 268 g/mol. The number of hydrogen-bond donors (Lipinski definition) is 4. The van der Waals surface area contributed by atoms with Crippen molar-refractivity contribution in [3.63, 3.8) is 0 Å². The summed E-state index contributed by atoms with van der Waals surface area (Å²) >= 11 is 3.22. The smallest absolute Gasteiger partial charge is 0.110 e. The summed E-state index contributed by atoms with van der Waals surface area (Å²) in [6.45, 7) is 1.40. The molecule has 1 saturated heterocycles. The Hall–Kier alpha value is 0.540. The van der Waals surface area contributed by atoms with Crippen LogP contribution in [0.25, 0.3) is 0 Å². The van der Waals surface area contributed by atoms with Gasteiger partial charge in [-0.3, -0.25) is 0 Å². The average molecular weight is 268 g/mol. The van der Waals surface area contributed by atoms with E-state index in [1.165, 1.54) is 6.92 Å². The quantitative estimate of drug-likeness (QED) is 0.576. The molecule has 0 saturated carbocycles. The van der Waals surface area contributed by atoms with Crippen molar-refractivity contribution in [1.82, 2.24) is 0 Å². The Kier molecular flexibility index (Phi) is 6.46. The van der Waals surface area contributed by atoms with E-state index in [4.69, 9.17) is 5.11 Å². The molecule has 1 rings (SSSR count). The van der Waals surface area contributed by atoms with Gasteiger partial charge in [0.05, 0.1) is 10.7 Å². The Labute approximate surface area is 104 Å². The van der Waals surface area contributed by atoms with E-state index in [0.29, 0.717) is 0 Å². The summed E-state index contributed by atoms with van der Waals surface area (Å²) in [4.78, 5) is 0. The van der Waals surface area contributed by atoms with Crippen molar-refractivity contribution in [2.24, 2.45) is 0 Å². The van der Waals surface area contributed by atoms with Crippen LogP contribution in [0.4, 0.5) is 0 Å². The molecule has 1 aliphatic heterocycles. The third kappa shape index (κ3) is 4.09. The third-order valence-electron chi connectivity index (χ3n) is 2.58. The van der Waals surface area contributed by atoms with Crippen LogP contribution < -0.4 is 0 Å². The first-order valence-electron chi connectivity index (χ1n) is 5.49. The van der Waals surface area contributed by atoms with Crippen LogP contribution in [-0.4, -0.2) is 60.9 Å². The molecule has 4 N–H and O–H groups in total. The molecule has 0 aromatic heterocycles. The Morgan fingerprint density at radius 2 is 1.44 bits per heavy atom. The van der Waals surface area contributed by atoms with Crippen LogP contribution in [0.15, 0.2) is 0 Å². The Bertz CT molecular complexity index is 193. The van der Waals surface area contributed by atoms with E-state index in [1.807, 2.05) is 0 Å². The summed E-state index contributed by atoms with van der Waals surface area (Å²) in [7, 11) is 0. The van der Waals surface area contributed by atoms with Crippen LogP contribution in [0, 0.1) is 0 Å². The van der Waals surface area contributed by atoms with Crippen molar-refractivity contribution in [1.29, 1.82) is 0 Å². The summed E-state index contributed by atoms with van der Waals surface area (Å²) in [5, 5.41) is 38.3. The minimum Gasteiger partial charge on any atom is -0.391 e. The van der Waals surface area contributed by atoms with E-state index in [1.54, 1.807) is 23.5 Å². The van der Waals surface area contributed by atoms with E-state index in [2.05, 4.69) is 0 Å². The largest absolute Gasteiger partial charge is 0.391 e. The molecule has 0 aromatic rings. The van der Waals surface area contributed by atoms with E-state index in [9.17, 15) is 15.3 Å². The van der Waals surface area contributed by atoms with Crippen molar-refractivity contribution in [3.05, 3.63) is 0 Å². The van der Waals surface area contributed by atoms with E-state index < -0.39 is 24.4 Å². The lowest BCUT2D eigenvalue weighted by Gasteiger charge is -2.29. The fourth-order valence-corrected chi connectivity index (χ4v) is 4.38. The molecule has 0 aliphatic carbocycles. The van der Waals surface area contributed by atoms with Gasteiger partial charge in [0.15, 0.2) is 0 Å². The molecule has 1 fully saturated rings. The van der Waals surface area contributed by atoms with Gasteiger partial charge < -0.3 is 20.4 Å². The van der Waals surface area contributed by atoms with Crippen molar-refractivity contribution in [2.75, 3.05) is 11.5 Å². The lowest BCUT2D eigenvalue weighted by Crippen LogP contribution is -2.46. The van der Waals surface area contributed by atoms with E-state index in [0.717, 1.165) is 24.3 Å². The third-order valence-corrected chi connectivity index (χ3v) is 5.66. The standard InChI is InChI=1S/C10H20O4S2/c1-6(11)7(12)8(13)9(14)10-15-4-2-3-5-16-10/h6-14H,2-5H2,1H3/t6-,7-,8+,9+/m0/s1. The highest BCUT2D eigenvalue weighted by atomic mass is 32.2. The van der Waals surface area contributed by atoms with Crippen LogP contribution in [0.2, 0.25) is 0 Å². The SMILES string of the molecule is C[C@H](O)[C@H](O)[C@@H](O)[C@@H](O)C1SCCCCS1. The van der Waals surface area contributed by atoms with Crippen LogP contribution in [0.1, 0.15) is 19.8 Å². The van der Waals surface area contributed by atoms with Crippen molar-refractivity contribution in [3.8, 4) is 0 Å². The molecule has 0 bridgehead atoms. The van der Waals surface area contributed by atoms with Gasteiger partial charge in [0.2, 0.25) is 0 Å². The highest BCUT2D eigenvalue weighted by Crippen LogP contribution is 2.33. The summed E-state index contributed by atoms with van der Waals surface area (Å²) in [5.74, 6) is 1.93. The molecule has 1 heterocycles. The molecule has 6 heteroatoms. The maximum atomic E-state index is 9.92. The van der Waals surface area contributed by atoms with Crippen molar-refractivity contribution >= 4 is 23.5 Å². The lowest BCUT2D eigenvalue weighted by atomic mass is 10.1. The first-order valence-corrected chi connectivity index (χ1v) is 7.59. The summed E-state index contributed by atoms with van der Waals surface area (Å²) in [6, 6.07) is 0. The number of aliphatic hydroxyl groups excluding tert-OH is 4. The van der Waals surface area contributed by atoms with Gasteiger partial charge >= 0.3 is 0 Å². The zero-order valence-corrected chi connectivity index (χ0v) is 11.0. The predicted octanol–water partition coefficient (Wildman–Crippen LogP) is 0.0362. The average Bonchev–Trinajstić information content (AvgIpc) is 2.54. The van der Waals surface area contributed by atoms with Crippen molar-refractivity contribution in [2.45, 2.75) is 48.8 Å². The molecular formula is C10H20O4S2. The number of rotatable bonds is 4. The molecule has 1 aliphatic rings. The second kappa shape index (κ2) is 7.08. The highest BCUT2D eigenvalue weighted by molar-refractivity contribution is 8.17. The molecule has 0 radical (unpaired) electrons. The maximum absolute atomic E-state index is 9.92. The minimum absolute atomic E-state index is 0.120. The zero-order valence-electron chi connectivity index (χ0n) is 9.32. The van der Waals surface area contributed by atoms with E-state index in [-0.39, 0.29) is 4.58 Å². The summed E-state index contributed by atoms with van der Waals surface area (Å²) in [5.41, 5.74) is 0. The fourth-order valence-electron chi connectivity index (χ4n) is 1.50. The molecule has 4 nitrogen and oxygen atoms in total. The molecule has 4 atom stereocenters. The fraction of sp³-hybridized carbons (Fsp3) is 1.00. The Morgan fingerprint density at radius 1 is 0.938 bits per heavy atom. The number of thioether (sulfide) groups is 2. The van der Waals surface area contributed by atoms with Gasteiger partial charge in [0.1, 0.15) is 18.3 Å². The first kappa shape index (κ1) is 14.6. The predicted molar refractivity (Wildman–Crippen MR) is 67.6 cm³/mol. The van der Waals surface area contributed by atoms with Gasteiger partial charge in [-0.05, 0) is 31.3 Å². The molecule has 16 heavy (non-hydrogen) atoms. The van der Waals surface area contributed by atoms with Crippen LogP contribution in [0.5, 0.6) is 0 Å². The number of hydrogen-bond acceptors (Lipinski definition) is 6. The van der Waals surface area contributed by atoms with Gasteiger partial charge in [0.25, 0.3) is 0 Å². The molecule has 0 spiro atoms. The molecule has 0 amide bonds. The van der Waals surface area contributed by atoms with Gasteiger partial charge in [-0.1, -0.05) is 0 Å². The summed E-state index contributed by atoms with van der Waals surface area (Å²) < 4.78 is -0.120. The summed E-state index contributed by atoms with van der Waals surface area (Å²) in [6.07, 6.45) is -2.38. The second-order valence-corrected chi connectivity index (χ2v) is 6.83. The van der Waals surface area contributed by atoms with Gasteiger partial charge in [-0.2, -0.15) is 0 Å². The zero-order chi connectivity index (χ0) is 12.1. The van der Waals surface area contributed by atoms with E-state index >= 15 is 0 Å².